The number of rotatable bonds is 13. The molecule has 6 aromatic carbocycles. The van der Waals surface area contributed by atoms with Crippen molar-refractivity contribution in [2.24, 2.45) is 0 Å². The van der Waals surface area contributed by atoms with Crippen molar-refractivity contribution < 1.29 is 42.8 Å². The quantitative estimate of drug-likeness (QED) is 0.0659. The van der Waals surface area contributed by atoms with Crippen LogP contribution in [0.25, 0.3) is 0 Å². The zero-order valence-corrected chi connectivity index (χ0v) is 30.6. The number of benzene rings is 6. The van der Waals surface area contributed by atoms with E-state index < -0.39 is 54.2 Å². The Balaban J connectivity index is 1.33. The Hall–Kier alpha value is -6.39. The van der Waals surface area contributed by atoms with Crippen LogP contribution in [0.4, 0.5) is 0 Å². The summed E-state index contributed by atoms with van der Waals surface area (Å²) in [6, 6.07) is 54.4. The molecule has 56 heavy (non-hydrogen) atoms. The third-order valence-electron chi connectivity index (χ3n) is 9.59. The van der Waals surface area contributed by atoms with Crippen LogP contribution in [-0.2, 0) is 34.0 Å². The van der Waals surface area contributed by atoms with Gasteiger partial charge in [-0.3, -0.25) is 0 Å². The second kappa shape index (κ2) is 17.8. The summed E-state index contributed by atoms with van der Waals surface area (Å²) in [7, 11) is 1.39. The van der Waals surface area contributed by atoms with Gasteiger partial charge in [0.25, 0.3) is 0 Å². The fraction of sp³-hybridized carbons (Fsp3) is 0.170. The van der Waals surface area contributed by atoms with Crippen LogP contribution in [0.3, 0.4) is 0 Å². The highest BCUT2D eigenvalue weighted by Crippen LogP contribution is 2.42. The molecule has 9 heteroatoms. The van der Waals surface area contributed by atoms with Crippen LogP contribution in [-0.4, -0.2) is 62.3 Å². The van der Waals surface area contributed by atoms with Gasteiger partial charge in [0.1, 0.15) is 11.7 Å². The van der Waals surface area contributed by atoms with Crippen molar-refractivity contribution in [3.63, 3.8) is 0 Å². The summed E-state index contributed by atoms with van der Waals surface area (Å²) in [5, 5.41) is 0. The van der Waals surface area contributed by atoms with Crippen LogP contribution in [0.5, 0.6) is 0 Å². The second-order valence-corrected chi connectivity index (χ2v) is 13.1. The molecule has 0 bridgehead atoms. The zero-order valence-electron chi connectivity index (χ0n) is 30.6. The van der Waals surface area contributed by atoms with Crippen LogP contribution in [0.2, 0.25) is 0 Å². The third-order valence-corrected chi connectivity index (χ3v) is 9.59. The van der Waals surface area contributed by atoms with E-state index in [-0.39, 0.29) is 23.3 Å². The van der Waals surface area contributed by atoms with Crippen molar-refractivity contribution in [3.8, 4) is 0 Å². The molecule has 0 radical (unpaired) electrons. The minimum Gasteiger partial charge on any atom is -0.452 e. The Bertz CT molecular complexity index is 2070. The molecule has 7 rings (SSSR count). The van der Waals surface area contributed by atoms with Crippen molar-refractivity contribution in [1.29, 1.82) is 0 Å². The molecular weight excluding hydrogens is 709 g/mol. The fourth-order valence-corrected chi connectivity index (χ4v) is 6.88. The predicted octanol–water partition coefficient (Wildman–Crippen LogP) is 8.04. The minimum atomic E-state index is -1.42. The molecule has 1 aliphatic rings. The number of hydrogen-bond donors (Lipinski definition) is 0. The van der Waals surface area contributed by atoms with Crippen LogP contribution in [0.15, 0.2) is 182 Å². The SMILES string of the molecule is CO[C@H]1OC(COC(c2ccccc2)(c2ccccc2)c2ccccc2)[C@@H](OC(=O)c2ccccc2)C(OC(=O)c2ccccc2)C1OC(=O)c1ccccc1. The summed E-state index contributed by atoms with van der Waals surface area (Å²) in [6.07, 6.45) is -6.57. The average molecular weight is 749 g/mol. The summed E-state index contributed by atoms with van der Waals surface area (Å²) in [4.78, 5) is 41.4. The number of hydrogen-bond acceptors (Lipinski definition) is 9. The van der Waals surface area contributed by atoms with E-state index in [1.54, 1.807) is 91.0 Å². The van der Waals surface area contributed by atoms with Gasteiger partial charge in [-0.2, -0.15) is 0 Å². The molecule has 0 N–H and O–H groups in total. The van der Waals surface area contributed by atoms with E-state index in [1.807, 2.05) is 91.0 Å². The van der Waals surface area contributed by atoms with Crippen molar-refractivity contribution in [2.45, 2.75) is 36.3 Å². The molecule has 1 fully saturated rings. The third kappa shape index (κ3) is 8.30. The Morgan fingerprint density at radius 1 is 0.464 bits per heavy atom. The summed E-state index contributed by atoms with van der Waals surface area (Å²) in [5.74, 6) is -2.17. The lowest BCUT2D eigenvalue weighted by Gasteiger charge is -2.45. The maximum atomic E-state index is 13.9. The van der Waals surface area contributed by atoms with Gasteiger partial charge in [-0.05, 0) is 53.1 Å². The minimum absolute atomic E-state index is 0.204. The molecule has 1 saturated heterocycles. The van der Waals surface area contributed by atoms with Gasteiger partial charge < -0.3 is 28.4 Å². The number of carbonyl (C=O) groups is 3. The Morgan fingerprint density at radius 2 is 0.786 bits per heavy atom. The van der Waals surface area contributed by atoms with E-state index in [0.717, 1.165) is 16.7 Å². The highest BCUT2D eigenvalue weighted by atomic mass is 16.7. The standard InChI is InChI=1S/C47H40O9/c1-51-46-42(56-45(50)35-24-12-4-13-25-35)41(55-44(49)34-22-10-3-11-23-34)40(54-43(48)33-20-8-2-9-21-33)39(53-46)32-52-47(36-26-14-5-15-27-36,37-28-16-6-17-29-37)38-30-18-7-19-31-38/h2-31,39-42,46H,32H2,1H3/t39?,40-,41?,42?,46+/m1/s1. The molecule has 9 nitrogen and oxygen atoms in total. The second-order valence-electron chi connectivity index (χ2n) is 13.1. The molecule has 1 heterocycles. The monoisotopic (exact) mass is 748 g/mol. The van der Waals surface area contributed by atoms with E-state index in [0.29, 0.717) is 0 Å². The first-order valence-corrected chi connectivity index (χ1v) is 18.2. The van der Waals surface area contributed by atoms with Gasteiger partial charge in [0, 0.05) is 7.11 Å². The molecule has 0 amide bonds. The van der Waals surface area contributed by atoms with Crippen LogP contribution in [0, 0.1) is 0 Å². The molecule has 0 saturated carbocycles. The van der Waals surface area contributed by atoms with Crippen LogP contribution in [0.1, 0.15) is 47.8 Å². The molecule has 0 aliphatic carbocycles. The Morgan fingerprint density at radius 3 is 1.14 bits per heavy atom. The van der Waals surface area contributed by atoms with Crippen LogP contribution >= 0.6 is 0 Å². The maximum Gasteiger partial charge on any atom is 0.338 e. The van der Waals surface area contributed by atoms with Gasteiger partial charge in [-0.25, -0.2) is 14.4 Å². The van der Waals surface area contributed by atoms with Crippen molar-refractivity contribution in [1.82, 2.24) is 0 Å². The van der Waals surface area contributed by atoms with Gasteiger partial charge in [0.15, 0.2) is 24.6 Å². The van der Waals surface area contributed by atoms with Gasteiger partial charge >= 0.3 is 17.9 Å². The lowest BCUT2D eigenvalue weighted by atomic mass is 9.80. The van der Waals surface area contributed by atoms with E-state index in [1.165, 1.54) is 7.11 Å². The molecular formula is C47H40O9. The van der Waals surface area contributed by atoms with Gasteiger partial charge in [0.2, 0.25) is 0 Å². The molecule has 0 aromatic heterocycles. The predicted molar refractivity (Wildman–Crippen MR) is 208 cm³/mol. The normalized spacial score (nSPS) is 19.3. The van der Waals surface area contributed by atoms with Gasteiger partial charge in [-0.1, -0.05) is 146 Å². The first-order chi connectivity index (χ1) is 27.5. The average Bonchev–Trinajstić information content (AvgIpc) is 3.27. The number of esters is 3. The van der Waals surface area contributed by atoms with E-state index in [4.69, 9.17) is 28.4 Å². The Labute approximate surface area is 325 Å². The molecule has 5 atom stereocenters. The molecule has 6 aromatic rings. The number of carbonyl (C=O) groups excluding carboxylic acids is 3. The molecule has 282 valence electrons. The summed E-state index contributed by atoms with van der Waals surface area (Å²) in [5.41, 5.74) is 2.04. The van der Waals surface area contributed by atoms with E-state index >= 15 is 0 Å². The van der Waals surface area contributed by atoms with E-state index in [9.17, 15) is 14.4 Å². The topological polar surface area (TPSA) is 107 Å². The molecule has 0 spiro atoms. The summed E-state index contributed by atoms with van der Waals surface area (Å²) < 4.78 is 38.1. The van der Waals surface area contributed by atoms with Crippen molar-refractivity contribution in [2.75, 3.05) is 13.7 Å². The zero-order chi connectivity index (χ0) is 38.7. The van der Waals surface area contributed by atoms with Gasteiger partial charge in [-0.15, -0.1) is 0 Å². The largest absolute Gasteiger partial charge is 0.452 e. The first-order valence-electron chi connectivity index (χ1n) is 18.2. The lowest BCUT2D eigenvalue weighted by Crippen LogP contribution is -2.63. The molecule has 1 aliphatic heterocycles. The number of methoxy groups -OCH3 is 1. The fourth-order valence-electron chi connectivity index (χ4n) is 6.88. The van der Waals surface area contributed by atoms with E-state index in [2.05, 4.69) is 0 Å². The number of ether oxygens (including phenoxy) is 6. The molecule has 3 unspecified atom stereocenters. The van der Waals surface area contributed by atoms with Crippen molar-refractivity contribution in [3.05, 3.63) is 215 Å². The summed E-state index contributed by atoms with van der Waals surface area (Å²) >= 11 is 0. The highest BCUT2D eigenvalue weighted by molar-refractivity contribution is 5.91. The maximum absolute atomic E-state index is 13.9. The highest BCUT2D eigenvalue weighted by Gasteiger charge is 2.54. The summed E-state index contributed by atoms with van der Waals surface area (Å²) in [6.45, 7) is -0.204. The van der Waals surface area contributed by atoms with Gasteiger partial charge in [0.05, 0.1) is 23.3 Å². The first kappa shape index (κ1) is 37.9. The smallest absolute Gasteiger partial charge is 0.338 e. The van der Waals surface area contributed by atoms with Crippen molar-refractivity contribution >= 4 is 17.9 Å². The Kier molecular flexibility index (Phi) is 12.1. The lowest BCUT2D eigenvalue weighted by molar-refractivity contribution is -0.296. The van der Waals surface area contributed by atoms with Crippen LogP contribution < -0.4 is 0 Å².